The molecule has 0 radical (unpaired) electrons. The zero-order valence-electron chi connectivity index (χ0n) is 5.66. The Labute approximate surface area is 54.8 Å². The predicted molar refractivity (Wildman–Crippen MR) is 35.0 cm³/mol. The van der Waals surface area contributed by atoms with Gasteiger partial charge in [-0.3, -0.25) is 4.57 Å². The van der Waals surface area contributed by atoms with Crippen LogP contribution in [0.4, 0.5) is 0 Å². The predicted octanol–water partition coefficient (Wildman–Crippen LogP) is 1.13. The molecule has 0 rings (SSSR count). The number of rotatable bonds is 4. The van der Waals surface area contributed by atoms with Crippen molar-refractivity contribution < 1.29 is 13.7 Å². The van der Waals surface area contributed by atoms with Gasteiger partial charge in [0.05, 0.1) is 6.61 Å². The normalized spacial score (nSPS) is 17.2. The Bertz CT molecular complexity index is 116. The van der Waals surface area contributed by atoms with Crippen molar-refractivity contribution in [2.24, 2.45) is 5.90 Å². The molecule has 0 aliphatic rings. The van der Waals surface area contributed by atoms with Crippen molar-refractivity contribution in [1.29, 1.82) is 0 Å². The van der Waals surface area contributed by atoms with Gasteiger partial charge < -0.3 is 4.52 Å². The highest BCUT2D eigenvalue weighted by Gasteiger charge is 2.13. The van der Waals surface area contributed by atoms with Gasteiger partial charge in [0.2, 0.25) is 0 Å². The second kappa shape index (κ2) is 4.01. The van der Waals surface area contributed by atoms with Crippen LogP contribution in [-0.4, -0.2) is 13.3 Å². The molecule has 0 amide bonds. The van der Waals surface area contributed by atoms with Gasteiger partial charge in [-0.1, -0.05) is 6.92 Å². The first-order valence-corrected chi connectivity index (χ1v) is 4.72. The summed E-state index contributed by atoms with van der Waals surface area (Å²) in [7, 11) is -2.91. The van der Waals surface area contributed by atoms with Crippen LogP contribution >= 0.6 is 7.60 Å². The topological polar surface area (TPSA) is 61.5 Å². The summed E-state index contributed by atoms with van der Waals surface area (Å²) < 4.78 is 19.6. The zero-order chi connectivity index (χ0) is 7.33. The van der Waals surface area contributed by atoms with Crippen LogP contribution in [0.1, 0.15) is 13.3 Å². The molecule has 0 saturated heterocycles. The molecule has 0 spiro atoms. The van der Waals surface area contributed by atoms with E-state index in [4.69, 9.17) is 4.52 Å². The van der Waals surface area contributed by atoms with Crippen LogP contribution in [0.5, 0.6) is 0 Å². The van der Waals surface area contributed by atoms with E-state index >= 15 is 0 Å². The van der Waals surface area contributed by atoms with Gasteiger partial charge >= 0.3 is 7.60 Å². The molecule has 56 valence electrons. The van der Waals surface area contributed by atoms with Crippen LogP contribution in [0.15, 0.2) is 0 Å². The maximum absolute atomic E-state index is 10.8. The van der Waals surface area contributed by atoms with Crippen molar-refractivity contribution in [3.05, 3.63) is 0 Å². The van der Waals surface area contributed by atoms with Crippen molar-refractivity contribution in [2.75, 3.05) is 13.3 Å². The summed E-state index contributed by atoms with van der Waals surface area (Å²) in [4.78, 5) is 0. The molecule has 0 heterocycles. The molecular weight excluding hydrogens is 141 g/mol. The molecule has 0 aromatic rings. The molecule has 0 aliphatic carbocycles. The van der Waals surface area contributed by atoms with Crippen LogP contribution < -0.4 is 5.90 Å². The van der Waals surface area contributed by atoms with E-state index in [2.05, 4.69) is 10.5 Å². The lowest BCUT2D eigenvalue weighted by molar-refractivity contribution is 0.213. The first-order valence-electron chi connectivity index (χ1n) is 2.73. The Hall–Kier alpha value is 0.110. The van der Waals surface area contributed by atoms with Crippen molar-refractivity contribution in [3.63, 3.8) is 0 Å². The minimum Gasteiger partial charge on any atom is -0.308 e. The number of nitrogens with two attached hydrogens (primary N) is 1. The molecule has 0 aliphatic heterocycles. The fraction of sp³-hybridized carbons (Fsp3) is 1.00. The number of hydrogen-bond donors (Lipinski definition) is 1. The Morgan fingerprint density at radius 3 is 2.56 bits per heavy atom. The maximum atomic E-state index is 10.8. The third-order valence-corrected chi connectivity index (χ3v) is 1.76. The Morgan fingerprint density at radius 1 is 1.67 bits per heavy atom. The molecule has 1 atom stereocenters. The first kappa shape index (κ1) is 9.11. The summed E-state index contributed by atoms with van der Waals surface area (Å²) in [5.74, 6) is 4.66. The summed E-state index contributed by atoms with van der Waals surface area (Å²) in [6.45, 7) is 3.67. The lowest BCUT2D eigenvalue weighted by atomic mass is 10.5. The Kier molecular flexibility index (Phi) is 4.06. The van der Waals surface area contributed by atoms with Gasteiger partial charge in [0, 0.05) is 6.66 Å². The summed E-state index contributed by atoms with van der Waals surface area (Å²) in [5.41, 5.74) is 0. The lowest BCUT2D eigenvalue weighted by Gasteiger charge is -2.07. The minimum absolute atomic E-state index is 0.422. The Balaban J connectivity index is 3.46. The van der Waals surface area contributed by atoms with E-state index in [-0.39, 0.29) is 0 Å². The van der Waals surface area contributed by atoms with Gasteiger partial charge in [-0.2, -0.15) is 0 Å². The molecule has 9 heavy (non-hydrogen) atoms. The van der Waals surface area contributed by atoms with E-state index in [0.29, 0.717) is 6.61 Å². The van der Waals surface area contributed by atoms with Crippen molar-refractivity contribution in [2.45, 2.75) is 13.3 Å². The number of hydrogen-bond acceptors (Lipinski definition) is 4. The van der Waals surface area contributed by atoms with E-state index < -0.39 is 7.60 Å². The second-order valence-electron chi connectivity index (χ2n) is 1.71. The fourth-order valence-electron chi connectivity index (χ4n) is 0.288. The highest BCUT2D eigenvalue weighted by Crippen LogP contribution is 2.41. The highest BCUT2D eigenvalue weighted by molar-refractivity contribution is 7.52. The molecule has 1 unspecified atom stereocenters. The molecule has 4 nitrogen and oxygen atoms in total. The van der Waals surface area contributed by atoms with Gasteiger partial charge in [-0.05, 0) is 6.42 Å². The smallest absolute Gasteiger partial charge is 0.308 e. The van der Waals surface area contributed by atoms with Crippen molar-refractivity contribution in [1.82, 2.24) is 0 Å². The third-order valence-electron chi connectivity index (χ3n) is 0.721. The van der Waals surface area contributed by atoms with Crippen LogP contribution in [0, 0.1) is 0 Å². The van der Waals surface area contributed by atoms with Gasteiger partial charge in [0.15, 0.2) is 0 Å². The van der Waals surface area contributed by atoms with Crippen molar-refractivity contribution in [3.8, 4) is 0 Å². The minimum atomic E-state index is -2.91. The van der Waals surface area contributed by atoms with E-state index in [9.17, 15) is 4.57 Å². The van der Waals surface area contributed by atoms with Gasteiger partial charge in [-0.15, -0.1) is 0 Å². The summed E-state index contributed by atoms with van der Waals surface area (Å²) in [6, 6.07) is 0. The van der Waals surface area contributed by atoms with Crippen LogP contribution in [0.2, 0.25) is 0 Å². The van der Waals surface area contributed by atoms with Gasteiger partial charge in [0.1, 0.15) is 0 Å². The summed E-state index contributed by atoms with van der Waals surface area (Å²) in [6.07, 6.45) is 0.807. The quantitative estimate of drug-likeness (QED) is 0.485. The SMILES string of the molecule is CCCOP(C)(=O)ON. The van der Waals surface area contributed by atoms with E-state index in [1.165, 1.54) is 6.66 Å². The average Bonchev–Trinajstić information content (AvgIpc) is 1.84. The van der Waals surface area contributed by atoms with E-state index in [1.54, 1.807) is 0 Å². The third kappa shape index (κ3) is 4.60. The molecular formula is C4H12NO3P. The van der Waals surface area contributed by atoms with Crippen LogP contribution in [0.25, 0.3) is 0 Å². The molecule has 5 heteroatoms. The van der Waals surface area contributed by atoms with Crippen LogP contribution in [-0.2, 0) is 13.7 Å². The standard InChI is InChI=1S/C4H12NO3P/c1-3-4-7-9(2,6)8-5/h3-5H2,1-2H3. The van der Waals surface area contributed by atoms with Crippen molar-refractivity contribution >= 4 is 7.60 Å². The van der Waals surface area contributed by atoms with Gasteiger partial charge in [0.25, 0.3) is 0 Å². The molecule has 0 aromatic heterocycles. The van der Waals surface area contributed by atoms with E-state index in [0.717, 1.165) is 6.42 Å². The monoisotopic (exact) mass is 153 g/mol. The second-order valence-corrected chi connectivity index (χ2v) is 3.72. The molecule has 2 N–H and O–H groups in total. The van der Waals surface area contributed by atoms with Crippen LogP contribution in [0.3, 0.4) is 0 Å². The largest absolute Gasteiger partial charge is 0.343 e. The molecule has 0 bridgehead atoms. The Morgan fingerprint density at radius 2 is 2.22 bits per heavy atom. The lowest BCUT2D eigenvalue weighted by Crippen LogP contribution is -1.99. The average molecular weight is 153 g/mol. The molecule has 0 fully saturated rings. The summed E-state index contributed by atoms with van der Waals surface area (Å²) in [5, 5.41) is 0. The zero-order valence-corrected chi connectivity index (χ0v) is 6.56. The van der Waals surface area contributed by atoms with E-state index in [1.807, 2.05) is 6.92 Å². The fourth-order valence-corrected chi connectivity index (χ4v) is 0.863. The van der Waals surface area contributed by atoms with Gasteiger partial charge in [-0.25, -0.2) is 10.5 Å². The maximum Gasteiger partial charge on any atom is 0.343 e. The highest BCUT2D eigenvalue weighted by atomic mass is 31.2. The first-order chi connectivity index (χ1) is 4.12. The molecule has 0 aromatic carbocycles. The molecule has 0 saturated carbocycles. The summed E-state index contributed by atoms with van der Waals surface area (Å²) >= 11 is 0.